The van der Waals surface area contributed by atoms with Gasteiger partial charge in [-0.1, -0.05) is 12.8 Å². The van der Waals surface area contributed by atoms with Crippen LogP contribution in [-0.2, 0) is 0 Å². The maximum atomic E-state index is 10.0. The minimum atomic E-state index is -0.134. The maximum Gasteiger partial charge on any atom is 0.0603 e. The van der Waals surface area contributed by atoms with E-state index in [1.807, 2.05) is 0 Å². The lowest BCUT2D eigenvalue weighted by atomic mass is 9.68. The summed E-state index contributed by atoms with van der Waals surface area (Å²) in [6.45, 7) is 4.20. The summed E-state index contributed by atoms with van der Waals surface area (Å²) >= 11 is 0. The minimum Gasteiger partial charge on any atom is -0.393 e. The number of aromatic nitrogens is 2. The van der Waals surface area contributed by atoms with Crippen LogP contribution in [0.1, 0.15) is 62.4 Å². The average molecular weight is 248 g/mol. The van der Waals surface area contributed by atoms with Gasteiger partial charge in [-0.25, -0.2) is 0 Å². The van der Waals surface area contributed by atoms with Crippen molar-refractivity contribution in [1.29, 1.82) is 0 Å². The molecule has 1 heterocycles. The molecule has 3 heteroatoms. The number of nitrogens with zero attached hydrogens (tertiary/aromatic N) is 2. The Kier molecular flexibility index (Phi) is 2.97. The molecule has 2 aliphatic rings. The van der Waals surface area contributed by atoms with Crippen LogP contribution in [0.15, 0.2) is 6.07 Å². The van der Waals surface area contributed by atoms with Crippen LogP contribution >= 0.6 is 0 Å². The number of aryl methyl sites for hydroxylation is 2. The van der Waals surface area contributed by atoms with Gasteiger partial charge in [0.05, 0.1) is 17.8 Å². The molecule has 0 saturated heterocycles. The average Bonchev–Trinajstić information content (AvgIpc) is 2.91. The third-order valence-corrected chi connectivity index (χ3v) is 5.12. The van der Waals surface area contributed by atoms with E-state index in [1.54, 1.807) is 0 Å². The Morgan fingerprint density at radius 1 is 1.28 bits per heavy atom. The molecule has 1 spiro atoms. The minimum absolute atomic E-state index is 0.134. The van der Waals surface area contributed by atoms with E-state index in [0.29, 0.717) is 11.5 Å². The van der Waals surface area contributed by atoms with E-state index in [0.717, 1.165) is 18.5 Å². The first kappa shape index (κ1) is 12.2. The van der Waals surface area contributed by atoms with E-state index < -0.39 is 0 Å². The SMILES string of the molecule is Cc1cc(C)n(C2CC(O)CCC23CCCC3)n1. The van der Waals surface area contributed by atoms with Gasteiger partial charge in [0, 0.05) is 5.69 Å². The van der Waals surface area contributed by atoms with Crippen LogP contribution in [0.5, 0.6) is 0 Å². The largest absolute Gasteiger partial charge is 0.393 e. The van der Waals surface area contributed by atoms with E-state index in [4.69, 9.17) is 5.10 Å². The fraction of sp³-hybridized carbons (Fsp3) is 0.800. The molecule has 2 unspecified atom stereocenters. The molecule has 2 saturated carbocycles. The second-order valence-corrected chi connectivity index (χ2v) is 6.39. The third kappa shape index (κ3) is 1.89. The van der Waals surface area contributed by atoms with Crippen molar-refractivity contribution in [3.8, 4) is 0 Å². The molecule has 2 aliphatic carbocycles. The Bertz CT molecular complexity index is 432. The molecule has 1 aromatic heterocycles. The Labute approximate surface area is 109 Å². The van der Waals surface area contributed by atoms with Gasteiger partial charge >= 0.3 is 0 Å². The lowest BCUT2D eigenvalue weighted by Crippen LogP contribution is -2.39. The second kappa shape index (κ2) is 4.37. The highest BCUT2D eigenvalue weighted by atomic mass is 16.3. The van der Waals surface area contributed by atoms with Crippen molar-refractivity contribution in [3.63, 3.8) is 0 Å². The van der Waals surface area contributed by atoms with Crippen LogP contribution in [0.3, 0.4) is 0 Å². The van der Waals surface area contributed by atoms with Gasteiger partial charge in [0.1, 0.15) is 0 Å². The molecule has 1 aromatic rings. The van der Waals surface area contributed by atoms with E-state index in [-0.39, 0.29) is 6.10 Å². The molecule has 1 N–H and O–H groups in total. The van der Waals surface area contributed by atoms with Crippen LogP contribution in [-0.4, -0.2) is 21.0 Å². The van der Waals surface area contributed by atoms with E-state index in [2.05, 4.69) is 24.6 Å². The van der Waals surface area contributed by atoms with Gasteiger partial charge < -0.3 is 5.11 Å². The van der Waals surface area contributed by atoms with Gasteiger partial charge in [0.25, 0.3) is 0 Å². The number of hydrogen-bond acceptors (Lipinski definition) is 2. The molecule has 0 aliphatic heterocycles. The maximum absolute atomic E-state index is 10.0. The second-order valence-electron chi connectivity index (χ2n) is 6.39. The first-order chi connectivity index (χ1) is 8.61. The summed E-state index contributed by atoms with van der Waals surface area (Å²) in [6, 6.07) is 2.57. The Morgan fingerprint density at radius 3 is 2.61 bits per heavy atom. The third-order valence-electron chi connectivity index (χ3n) is 5.12. The lowest BCUT2D eigenvalue weighted by molar-refractivity contribution is 0.0115. The number of hydrogen-bond donors (Lipinski definition) is 1. The van der Waals surface area contributed by atoms with Crippen molar-refractivity contribution in [3.05, 3.63) is 17.5 Å². The molecular weight excluding hydrogens is 224 g/mol. The van der Waals surface area contributed by atoms with Crippen LogP contribution in [0.25, 0.3) is 0 Å². The van der Waals surface area contributed by atoms with Crippen LogP contribution in [0.2, 0.25) is 0 Å². The zero-order valence-corrected chi connectivity index (χ0v) is 11.5. The molecular formula is C15H24N2O. The van der Waals surface area contributed by atoms with Gasteiger partial charge in [-0.3, -0.25) is 4.68 Å². The summed E-state index contributed by atoms with van der Waals surface area (Å²) in [7, 11) is 0. The predicted molar refractivity (Wildman–Crippen MR) is 71.5 cm³/mol. The molecule has 3 nitrogen and oxygen atoms in total. The van der Waals surface area contributed by atoms with E-state index >= 15 is 0 Å². The molecule has 18 heavy (non-hydrogen) atoms. The molecule has 0 amide bonds. The summed E-state index contributed by atoms with van der Waals surface area (Å²) in [4.78, 5) is 0. The number of aliphatic hydroxyl groups excluding tert-OH is 1. The Morgan fingerprint density at radius 2 is 2.00 bits per heavy atom. The molecule has 2 atom stereocenters. The zero-order chi connectivity index (χ0) is 12.8. The van der Waals surface area contributed by atoms with E-state index in [9.17, 15) is 5.11 Å². The van der Waals surface area contributed by atoms with Crippen molar-refractivity contribution >= 4 is 0 Å². The van der Waals surface area contributed by atoms with Gasteiger partial charge in [-0.2, -0.15) is 5.10 Å². The van der Waals surface area contributed by atoms with Crippen LogP contribution in [0, 0.1) is 19.3 Å². The Balaban J connectivity index is 1.97. The lowest BCUT2D eigenvalue weighted by Gasteiger charge is -2.43. The first-order valence-corrected chi connectivity index (χ1v) is 7.32. The fourth-order valence-electron chi connectivity index (χ4n) is 4.23. The molecule has 0 bridgehead atoms. The fourth-order valence-corrected chi connectivity index (χ4v) is 4.23. The molecule has 2 fully saturated rings. The van der Waals surface area contributed by atoms with E-state index in [1.165, 1.54) is 37.8 Å². The summed E-state index contributed by atoms with van der Waals surface area (Å²) in [5, 5.41) is 14.7. The van der Waals surface area contributed by atoms with Crippen LogP contribution in [0.4, 0.5) is 0 Å². The highest BCUT2D eigenvalue weighted by Gasteiger charge is 2.46. The normalized spacial score (nSPS) is 31.1. The van der Waals surface area contributed by atoms with Gasteiger partial charge in [-0.05, 0) is 57.4 Å². The van der Waals surface area contributed by atoms with Gasteiger partial charge in [0.15, 0.2) is 0 Å². The summed E-state index contributed by atoms with van der Waals surface area (Å²) < 4.78 is 2.21. The van der Waals surface area contributed by atoms with Crippen LogP contribution < -0.4 is 0 Å². The summed E-state index contributed by atoms with van der Waals surface area (Å²) in [5.41, 5.74) is 2.77. The smallest absolute Gasteiger partial charge is 0.0603 e. The summed E-state index contributed by atoms with van der Waals surface area (Å²) in [5.74, 6) is 0. The predicted octanol–water partition coefficient (Wildman–Crippen LogP) is 3.15. The molecule has 0 radical (unpaired) electrons. The quantitative estimate of drug-likeness (QED) is 0.829. The molecule has 0 aromatic carbocycles. The van der Waals surface area contributed by atoms with Crippen molar-refractivity contribution in [1.82, 2.24) is 9.78 Å². The summed E-state index contributed by atoms with van der Waals surface area (Å²) in [6.07, 6.45) is 8.27. The molecule has 100 valence electrons. The number of aliphatic hydroxyl groups is 1. The Hall–Kier alpha value is -0.830. The highest BCUT2D eigenvalue weighted by Crippen LogP contribution is 2.54. The number of rotatable bonds is 1. The van der Waals surface area contributed by atoms with Crippen molar-refractivity contribution < 1.29 is 5.11 Å². The topological polar surface area (TPSA) is 38.0 Å². The standard InChI is InChI=1S/C15H24N2O/c1-11-9-12(2)17(16-11)14-10-13(18)5-8-15(14)6-3-4-7-15/h9,13-14,18H,3-8,10H2,1-2H3. The van der Waals surface area contributed by atoms with Crippen molar-refractivity contribution in [2.24, 2.45) is 5.41 Å². The first-order valence-electron chi connectivity index (χ1n) is 7.32. The monoisotopic (exact) mass is 248 g/mol. The zero-order valence-electron chi connectivity index (χ0n) is 11.5. The van der Waals surface area contributed by atoms with Crippen molar-refractivity contribution in [2.75, 3.05) is 0 Å². The highest BCUT2D eigenvalue weighted by molar-refractivity contribution is 5.10. The van der Waals surface area contributed by atoms with Gasteiger partial charge in [-0.15, -0.1) is 0 Å². The van der Waals surface area contributed by atoms with Gasteiger partial charge in [0.2, 0.25) is 0 Å². The van der Waals surface area contributed by atoms with Crippen molar-refractivity contribution in [2.45, 2.75) is 70.9 Å². The molecule has 3 rings (SSSR count).